The van der Waals surface area contributed by atoms with Crippen molar-refractivity contribution in [1.29, 1.82) is 0 Å². The van der Waals surface area contributed by atoms with E-state index in [-0.39, 0.29) is 6.10 Å². The van der Waals surface area contributed by atoms with Gasteiger partial charge in [0.1, 0.15) is 0 Å². The zero-order valence-electron chi connectivity index (χ0n) is 12.0. The third-order valence-corrected chi connectivity index (χ3v) is 2.70. The molecule has 3 heteroatoms. The second kappa shape index (κ2) is 11.0. The van der Waals surface area contributed by atoms with Crippen molar-refractivity contribution in [1.82, 2.24) is 5.32 Å². The maximum absolute atomic E-state index is 9.70. The van der Waals surface area contributed by atoms with E-state index in [4.69, 9.17) is 4.74 Å². The molecule has 0 fully saturated rings. The first kappa shape index (κ1) is 16.9. The van der Waals surface area contributed by atoms with Crippen LogP contribution in [0.2, 0.25) is 0 Å². The van der Waals surface area contributed by atoms with Gasteiger partial charge >= 0.3 is 0 Å². The first-order valence-electron chi connectivity index (χ1n) is 7.05. The van der Waals surface area contributed by atoms with Crippen LogP contribution < -0.4 is 5.32 Å². The van der Waals surface area contributed by atoms with Crippen LogP contribution in [0, 0.1) is 5.92 Å². The molecule has 104 valence electrons. The van der Waals surface area contributed by atoms with Gasteiger partial charge in [0.05, 0.1) is 12.7 Å². The topological polar surface area (TPSA) is 41.5 Å². The smallest absolute Gasteiger partial charge is 0.0897 e. The molecule has 0 aromatic rings. The molecule has 0 radical (unpaired) electrons. The summed E-state index contributed by atoms with van der Waals surface area (Å²) in [5.41, 5.74) is 0. The lowest BCUT2D eigenvalue weighted by Crippen LogP contribution is -2.36. The van der Waals surface area contributed by atoms with Gasteiger partial charge in [0.25, 0.3) is 0 Å². The summed E-state index contributed by atoms with van der Waals surface area (Å²) in [5.74, 6) is 0.531. The SMILES string of the molecule is CCCCCC(C)NCC(O)COCC(C)C. The molecule has 0 spiro atoms. The van der Waals surface area contributed by atoms with Crippen LogP contribution in [-0.4, -0.2) is 37.0 Å². The average molecular weight is 245 g/mol. The Morgan fingerprint density at radius 3 is 2.41 bits per heavy atom. The summed E-state index contributed by atoms with van der Waals surface area (Å²) < 4.78 is 5.40. The fourth-order valence-corrected chi connectivity index (χ4v) is 1.64. The molecule has 0 saturated heterocycles. The largest absolute Gasteiger partial charge is 0.389 e. The summed E-state index contributed by atoms with van der Waals surface area (Å²) in [6.07, 6.45) is 4.63. The first-order chi connectivity index (χ1) is 8.06. The maximum atomic E-state index is 9.70. The van der Waals surface area contributed by atoms with Crippen LogP contribution in [0.5, 0.6) is 0 Å². The van der Waals surface area contributed by atoms with E-state index in [2.05, 4.69) is 33.0 Å². The highest BCUT2D eigenvalue weighted by molar-refractivity contribution is 4.65. The molecule has 0 aliphatic rings. The van der Waals surface area contributed by atoms with Crippen molar-refractivity contribution < 1.29 is 9.84 Å². The number of rotatable bonds is 11. The number of nitrogens with one attached hydrogen (secondary N) is 1. The molecule has 2 atom stereocenters. The van der Waals surface area contributed by atoms with Crippen molar-refractivity contribution >= 4 is 0 Å². The Labute approximate surface area is 107 Å². The highest BCUT2D eigenvalue weighted by Gasteiger charge is 2.07. The molecule has 0 aromatic heterocycles. The Bertz CT molecular complexity index is 162. The van der Waals surface area contributed by atoms with Crippen molar-refractivity contribution in [3.63, 3.8) is 0 Å². The summed E-state index contributed by atoms with van der Waals surface area (Å²) in [6.45, 7) is 10.4. The van der Waals surface area contributed by atoms with E-state index in [0.29, 0.717) is 25.1 Å². The molecule has 0 aromatic carbocycles. The highest BCUT2D eigenvalue weighted by Crippen LogP contribution is 2.02. The van der Waals surface area contributed by atoms with Crippen molar-refractivity contribution in [2.24, 2.45) is 5.92 Å². The summed E-state index contributed by atoms with van der Waals surface area (Å²) in [4.78, 5) is 0. The van der Waals surface area contributed by atoms with Gasteiger partial charge in [-0.2, -0.15) is 0 Å². The number of hydrogen-bond acceptors (Lipinski definition) is 3. The molecule has 2 unspecified atom stereocenters. The van der Waals surface area contributed by atoms with Crippen LogP contribution in [-0.2, 0) is 4.74 Å². The molecule has 0 rings (SSSR count). The minimum absolute atomic E-state index is 0.387. The van der Waals surface area contributed by atoms with Crippen LogP contribution in [0.3, 0.4) is 0 Å². The number of aliphatic hydroxyl groups excluding tert-OH is 1. The van der Waals surface area contributed by atoms with E-state index in [1.165, 1.54) is 25.7 Å². The monoisotopic (exact) mass is 245 g/mol. The van der Waals surface area contributed by atoms with Crippen LogP contribution in [0.1, 0.15) is 53.4 Å². The number of hydrogen-bond donors (Lipinski definition) is 2. The molecule has 0 heterocycles. The highest BCUT2D eigenvalue weighted by atomic mass is 16.5. The molecule has 0 aliphatic carbocycles. The van der Waals surface area contributed by atoms with Gasteiger partial charge < -0.3 is 15.2 Å². The fraction of sp³-hybridized carbons (Fsp3) is 1.00. The molecule has 2 N–H and O–H groups in total. The van der Waals surface area contributed by atoms with Gasteiger partial charge in [-0.25, -0.2) is 0 Å². The zero-order valence-corrected chi connectivity index (χ0v) is 12.0. The Hall–Kier alpha value is -0.120. The van der Waals surface area contributed by atoms with Gasteiger partial charge in [-0.15, -0.1) is 0 Å². The maximum Gasteiger partial charge on any atom is 0.0897 e. The van der Waals surface area contributed by atoms with E-state index >= 15 is 0 Å². The van der Waals surface area contributed by atoms with Gasteiger partial charge in [-0.05, 0) is 19.3 Å². The van der Waals surface area contributed by atoms with Crippen molar-refractivity contribution in [3.05, 3.63) is 0 Å². The van der Waals surface area contributed by atoms with Gasteiger partial charge in [-0.3, -0.25) is 0 Å². The quantitative estimate of drug-likeness (QED) is 0.550. The molecule has 0 saturated carbocycles. The average Bonchev–Trinajstić information content (AvgIpc) is 2.26. The number of aliphatic hydroxyl groups is 1. The molecule has 0 bridgehead atoms. The molecular formula is C14H31NO2. The van der Waals surface area contributed by atoms with E-state index in [9.17, 15) is 5.11 Å². The van der Waals surface area contributed by atoms with E-state index in [1.54, 1.807) is 0 Å². The number of ether oxygens (including phenoxy) is 1. The second-order valence-electron chi connectivity index (χ2n) is 5.39. The Kier molecular flexibility index (Phi) is 10.9. The Morgan fingerprint density at radius 1 is 1.12 bits per heavy atom. The van der Waals surface area contributed by atoms with Gasteiger partial charge in [-0.1, -0.05) is 40.0 Å². The zero-order chi connectivity index (χ0) is 13.1. The van der Waals surface area contributed by atoms with E-state index in [1.807, 2.05) is 0 Å². The van der Waals surface area contributed by atoms with Crippen molar-refractivity contribution in [3.8, 4) is 0 Å². The predicted molar refractivity (Wildman–Crippen MR) is 73.3 cm³/mol. The van der Waals surface area contributed by atoms with Crippen LogP contribution >= 0.6 is 0 Å². The van der Waals surface area contributed by atoms with E-state index in [0.717, 1.165) is 6.61 Å². The second-order valence-corrected chi connectivity index (χ2v) is 5.39. The van der Waals surface area contributed by atoms with E-state index < -0.39 is 0 Å². The van der Waals surface area contributed by atoms with Gasteiger partial charge in [0.2, 0.25) is 0 Å². The lowest BCUT2D eigenvalue weighted by molar-refractivity contribution is 0.0251. The van der Waals surface area contributed by atoms with Gasteiger partial charge in [0.15, 0.2) is 0 Å². The van der Waals surface area contributed by atoms with Crippen molar-refractivity contribution in [2.75, 3.05) is 19.8 Å². The van der Waals surface area contributed by atoms with Crippen LogP contribution in [0.4, 0.5) is 0 Å². The van der Waals surface area contributed by atoms with Crippen molar-refractivity contribution in [2.45, 2.75) is 65.5 Å². The summed E-state index contributed by atoms with van der Waals surface area (Å²) in [7, 11) is 0. The Balaban J connectivity index is 3.38. The fourth-order valence-electron chi connectivity index (χ4n) is 1.64. The minimum atomic E-state index is -0.387. The molecule has 17 heavy (non-hydrogen) atoms. The molecule has 3 nitrogen and oxygen atoms in total. The minimum Gasteiger partial charge on any atom is -0.389 e. The lowest BCUT2D eigenvalue weighted by Gasteiger charge is -2.17. The van der Waals surface area contributed by atoms with Crippen LogP contribution in [0.25, 0.3) is 0 Å². The first-order valence-corrected chi connectivity index (χ1v) is 7.05. The third kappa shape index (κ3) is 12.1. The molecule has 0 aliphatic heterocycles. The Morgan fingerprint density at radius 2 is 1.82 bits per heavy atom. The number of unbranched alkanes of at least 4 members (excludes halogenated alkanes) is 2. The lowest BCUT2D eigenvalue weighted by atomic mass is 10.1. The third-order valence-electron chi connectivity index (χ3n) is 2.70. The summed E-state index contributed by atoms with van der Waals surface area (Å²) in [6, 6.07) is 0.487. The van der Waals surface area contributed by atoms with Crippen LogP contribution in [0.15, 0.2) is 0 Å². The normalized spacial score (nSPS) is 15.2. The molecular weight excluding hydrogens is 214 g/mol. The predicted octanol–water partition coefficient (Wildman–Crippen LogP) is 2.58. The summed E-state index contributed by atoms with van der Waals surface area (Å²) >= 11 is 0. The standard InChI is InChI=1S/C14H31NO2/c1-5-6-7-8-13(4)15-9-14(16)11-17-10-12(2)3/h12-16H,5-11H2,1-4H3. The van der Waals surface area contributed by atoms with Gasteiger partial charge in [0, 0.05) is 19.2 Å². The summed E-state index contributed by atoms with van der Waals surface area (Å²) in [5, 5.41) is 13.0. The molecule has 0 amide bonds.